The van der Waals surface area contributed by atoms with Gasteiger partial charge in [0, 0.05) is 6.54 Å². The lowest BCUT2D eigenvalue weighted by Gasteiger charge is -2.17. The Kier molecular flexibility index (Phi) is 5.34. The van der Waals surface area contributed by atoms with Crippen molar-refractivity contribution in [1.29, 1.82) is 0 Å². The molecule has 0 spiro atoms. The Morgan fingerprint density at radius 1 is 1.26 bits per heavy atom. The van der Waals surface area contributed by atoms with Gasteiger partial charge in [0.25, 0.3) is 5.56 Å². The van der Waals surface area contributed by atoms with Gasteiger partial charge in [-0.15, -0.1) is 0 Å². The minimum atomic E-state index is -3.33. The summed E-state index contributed by atoms with van der Waals surface area (Å²) in [6.07, 6.45) is 1.09. The number of fused-ring (bicyclic) bond motifs is 1. The van der Waals surface area contributed by atoms with E-state index in [0.29, 0.717) is 33.0 Å². The van der Waals surface area contributed by atoms with Crippen LogP contribution in [0, 0.1) is 0 Å². The number of halogens is 1. The van der Waals surface area contributed by atoms with Gasteiger partial charge in [0.05, 0.1) is 33.9 Å². The fourth-order valence-electron chi connectivity index (χ4n) is 2.78. The summed E-state index contributed by atoms with van der Waals surface area (Å²) in [5.41, 5.74) is 7.44. The summed E-state index contributed by atoms with van der Waals surface area (Å²) in [5.74, 6) is 0.392. The second-order valence-corrected chi connectivity index (χ2v) is 8.54. The monoisotopic (exact) mass is 406 g/mol. The summed E-state index contributed by atoms with van der Waals surface area (Å²) in [4.78, 5) is 17.7. The topological polar surface area (TPSA) is 107 Å². The summed E-state index contributed by atoms with van der Waals surface area (Å²) in [6, 6.07) is 11.5. The number of nitrogens with two attached hydrogens (primary N) is 1. The van der Waals surface area contributed by atoms with Gasteiger partial charge < -0.3 is 5.73 Å². The Balaban J connectivity index is 2.22. The summed E-state index contributed by atoms with van der Waals surface area (Å²) in [6.45, 7) is 1.85. The van der Waals surface area contributed by atoms with E-state index in [1.54, 1.807) is 49.4 Å². The van der Waals surface area contributed by atoms with E-state index in [9.17, 15) is 13.2 Å². The van der Waals surface area contributed by atoms with E-state index in [0.717, 1.165) is 6.26 Å². The molecule has 0 amide bonds. The fraction of sp³-hybridized carbons (Fsp3) is 0.222. The van der Waals surface area contributed by atoms with Crippen LogP contribution in [0.4, 0.5) is 0 Å². The van der Waals surface area contributed by atoms with Crippen LogP contribution in [0.1, 0.15) is 24.4 Å². The molecule has 0 aliphatic heterocycles. The minimum absolute atomic E-state index is 0.108. The molecule has 27 heavy (non-hydrogen) atoms. The number of hydrogen-bond acceptors (Lipinski definition) is 5. The van der Waals surface area contributed by atoms with Crippen LogP contribution < -0.4 is 16.0 Å². The van der Waals surface area contributed by atoms with Gasteiger partial charge in [-0.2, -0.15) is 0 Å². The number of rotatable bonds is 5. The molecule has 9 heteroatoms. The lowest BCUT2D eigenvalue weighted by Crippen LogP contribution is -2.28. The molecule has 1 aromatic heterocycles. The van der Waals surface area contributed by atoms with Crippen molar-refractivity contribution < 1.29 is 8.42 Å². The highest BCUT2D eigenvalue weighted by molar-refractivity contribution is 7.88. The normalized spacial score (nSPS) is 13.0. The summed E-state index contributed by atoms with van der Waals surface area (Å²) < 4.78 is 26.5. The third-order valence-electron chi connectivity index (χ3n) is 3.99. The van der Waals surface area contributed by atoms with E-state index in [2.05, 4.69) is 9.71 Å². The van der Waals surface area contributed by atoms with E-state index in [1.165, 1.54) is 4.57 Å². The molecular weight excluding hydrogens is 388 g/mol. The molecule has 0 saturated heterocycles. The quantitative estimate of drug-likeness (QED) is 0.674. The number of aromatic nitrogens is 2. The van der Waals surface area contributed by atoms with Gasteiger partial charge in [-0.05, 0) is 36.8 Å². The average Bonchev–Trinajstić information content (AvgIpc) is 2.59. The summed E-state index contributed by atoms with van der Waals surface area (Å²) >= 11 is 6.22. The van der Waals surface area contributed by atoms with Crippen LogP contribution in [0.15, 0.2) is 47.3 Å². The number of sulfonamides is 1. The molecule has 0 aliphatic carbocycles. The highest BCUT2D eigenvalue weighted by Crippen LogP contribution is 2.22. The molecule has 142 valence electrons. The largest absolute Gasteiger partial charge is 0.322 e. The zero-order valence-electron chi connectivity index (χ0n) is 14.8. The molecule has 7 nitrogen and oxygen atoms in total. The second-order valence-electron chi connectivity index (χ2n) is 6.30. The van der Waals surface area contributed by atoms with Gasteiger partial charge in [-0.25, -0.2) is 18.1 Å². The van der Waals surface area contributed by atoms with Crippen LogP contribution in [0.2, 0.25) is 5.02 Å². The van der Waals surface area contributed by atoms with E-state index in [1.807, 2.05) is 0 Å². The van der Waals surface area contributed by atoms with Gasteiger partial charge in [0.2, 0.25) is 10.0 Å². The molecule has 0 bridgehead atoms. The first kappa shape index (κ1) is 19.5. The van der Waals surface area contributed by atoms with Crippen LogP contribution in [0.3, 0.4) is 0 Å². The second kappa shape index (κ2) is 7.40. The predicted octanol–water partition coefficient (Wildman–Crippen LogP) is 2.11. The maximum absolute atomic E-state index is 13.2. The highest BCUT2D eigenvalue weighted by atomic mass is 35.5. The smallest absolute Gasteiger partial charge is 0.267 e. The van der Waals surface area contributed by atoms with Crippen LogP contribution in [-0.4, -0.2) is 24.2 Å². The Morgan fingerprint density at radius 2 is 1.96 bits per heavy atom. The third-order valence-corrected chi connectivity index (χ3v) is 4.97. The predicted molar refractivity (Wildman–Crippen MR) is 107 cm³/mol. The standard InChI is InChI=1S/C18H19ClN4O3S/c1-11(20)17-22-15-8-4-7-14(19)16(15)18(24)23(17)13-6-3-5-12(9-13)10-21-27(2,25)26/h3-9,11,21H,10,20H2,1-2H3. The maximum atomic E-state index is 13.2. The summed E-state index contributed by atoms with van der Waals surface area (Å²) in [7, 11) is -3.33. The van der Waals surface area contributed by atoms with Crippen molar-refractivity contribution in [2.24, 2.45) is 5.73 Å². The van der Waals surface area contributed by atoms with Crippen LogP contribution >= 0.6 is 11.6 Å². The van der Waals surface area contributed by atoms with E-state index >= 15 is 0 Å². The zero-order valence-corrected chi connectivity index (χ0v) is 16.4. The maximum Gasteiger partial charge on any atom is 0.267 e. The van der Waals surface area contributed by atoms with Gasteiger partial charge >= 0.3 is 0 Å². The van der Waals surface area contributed by atoms with Gasteiger partial charge in [0.15, 0.2) is 0 Å². The van der Waals surface area contributed by atoms with E-state index in [-0.39, 0.29) is 12.1 Å². The van der Waals surface area contributed by atoms with Crippen LogP contribution in [0.25, 0.3) is 16.6 Å². The molecule has 3 aromatic rings. The van der Waals surface area contributed by atoms with E-state index < -0.39 is 16.1 Å². The van der Waals surface area contributed by atoms with Crippen molar-refractivity contribution in [2.75, 3.05) is 6.26 Å². The third kappa shape index (κ3) is 4.19. The average molecular weight is 407 g/mol. The number of benzene rings is 2. The van der Waals surface area contributed by atoms with Crippen molar-refractivity contribution in [2.45, 2.75) is 19.5 Å². The van der Waals surface area contributed by atoms with E-state index in [4.69, 9.17) is 17.3 Å². The van der Waals surface area contributed by atoms with Crippen molar-refractivity contribution >= 4 is 32.5 Å². The van der Waals surface area contributed by atoms with Gasteiger partial charge in [0.1, 0.15) is 5.82 Å². The van der Waals surface area contributed by atoms with Crippen molar-refractivity contribution in [3.8, 4) is 5.69 Å². The molecule has 1 unspecified atom stereocenters. The number of nitrogens with zero attached hydrogens (tertiary/aromatic N) is 2. The number of nitrogens with one attached hydrogen (secondary N) is 1. The molecule has 0 fully saturated rings. The molecule has 3 N–H and O–H groups in total. The Bertz CT molecular complexity index is 1170. The van der Waals surface area contributed by atoms with Crippen LogP contribution in [-0.2, 0) is 16.6 Å². The molecule has 3 rings (SSSR count). The number of hydrogen-bond donors (Lipinski definition) is 2. The lowest BCUT2D eigenvalue weighted by molar-refractivity contribution is 0.587. The van der Waals surface area contributed by atoms with Crippen molar-refractivity contribution in [3.05, 3.63) is 69.2 Å². The first-order valence-electron chi connectivity index (χ1n) is 8.18. The Morgan fingerprint density at radius 3 is 2.63 bits per heavy atom. The first-order chi connectivity index (χ1) is 12.7. The van der Waals surface area contributed by atoms with Crippen molar-refractivity contribution in [3.63, 3.8) is 0 Å². The molecule has 0 saturated carbocycles. The minimum Gasteiger partial charge on any atom is -0.322 e. The lowest BCUT2D eigenvalue weighted by atomic mass is 10.1. The van der Waals surface area contributed by atoms with Gasteiger partial charge in [-0.1, -0.05) is 29.8 Å². The molecule has 2 aromatic carbocycles. The molecule has 0 radical (unpaired) electrons. The highest BCUT2D eigenvalue weighted by Gasteiger charge is 2.17. The SMILES string of the molecule is CC(N)c1nc2cccc(Cl)c2c(=O)n1-c1cccc(CNS(C)(=O)=O)c1. The molecule has 0 aliphatic rings. The Labute approximate surface area is 161 Å². The fourth-order valence-corrected chi connectivity index (χ4v) is 3.46. The van der Waals surface area contributed by atoms with Crippen molar-refractivity contribution in [1.82, 2.24) is 14.3 Å². The molecule has 1 heterocycles. The molecule has 1 atom stereocenters. The van der Waals surface area contributed by atoms with Crippen LogP contribution in [0.5, 0.6) is 0 Å². The van der Waals surface area contributed by atoms with Gasteiger partial charge in [-0.3, -0.25) is 9.36 Å². The Hall–Kier alpha value is -2.26. The first-order valence-corrected chi connectivity index (χ1v) is 10.4. The summed E-state index contributed by atoms with van der Waals surface area (Å²) in [5, 5.41) is 0.619. The zero-order chi connectivity index (χ0) is 19.8. The molecular formula is C18H19ClN4O3S.